The second-order valence-electron chi connectivity index (χ2n) is 5.40. The summed E-state index contributed by atoms with van der Waals surface area (Å²) in [6, 6.07) is 8.10. The molecular weight excluding hydrogens is 318 g/mol. The molecule has 0 aromatic heterocycles. The highest BCUT2D eigenvalue weighted by Gasteiger charge is 2.24. The van der Waals surface area contributed by atoms with Gasteiger partial charge in [0.1, 0.15) is 0 Å². The Morgan fingerprint density at radius 2 is 2.20 bits per heavy atom. The predicted octanol–water partition coefficient (Wildman–Crippen LogP) is 3.15. The molecule has 1 unspecified atom stereocenters. The van der Waals surface area contributed by atoms with Crippen molar-refractivity contribution < 1.29 is 9.90 Å². The van der Waals surface area contributed by atoms with E-state index in [4.69, 9.17) is 0 Å². The Bertz CT molecular complexity index is 450. The summed E-state index contributed by atoms with van der Waals surface area (Å²) < 4.78 is 1.05. The first kappa shape index (κ1) is 15.5. The van der Waals surface area contributed by atoms with Crippen LogP contribution in [0.2, 0.25) is 0 Å². The fourth-order valence-electron chi connectivity index (χ4n) is 2.78. The number of rotatable bonds is 4. The van der Waals surface area contributed by atoms with Crippen LogP contribution in [0.5, 0.6) is 0 Å². The molecule has 1 aromatic rings. The third-order valence-electron chi connectivity index (χ3n) is 3.92. The summed E-state index contributed by atoms with van der Waals surface area (Å²) in [5, 5.41) is 9.46. The number of carbonyl (C=O) groups excluding carboxylic acids is 1. The zero-order valence-electron chi connectivity index (χ0n) is 11.7. The van der Waals surface area contributed by atoms with Gasteiger partial charge in [0.15, 0.2) is 0 Å². The Morgan fingerprint density at radius 3 is 2.95 bits per heavy atom. The molecule has 0 radical (unpaired) electrons. The van der Waals surface area contributed by atoms with Gasteiger partial charge in [-0.15, -0.1) is 0 Å². The molecule has 4 heteroatoms. The van der Waals surface area contributed by atoms with Gasteiger partial charge in [-0.25, -0.2) is 0 Å². The monoisotopic (exact) mass is 339 g/mol. The van der Waals surface area contributed by atoms with E-state index in [1.165, 1.54) is 5.56 Å². The summed E-state index contributed by atoms with van der Waals surface area (Å²) >= 11 is 3.45. The summed E-state index contributed by atoms with van der Waals surface area (Å²) in [5.74, 6) is 0.172. The Morgan fingerprint density at radius 1 is 1.35 bits per heavy atom. The summed E-state index contributed by atoms with van der Waals surface area (Å²) in [7, 11) is 0. The molecule has 0 saturated carbocycles. The first-order valence-corrected chi connectivity index (χ1v) is 8.15. The van der Waals surface area contributed by atoms with Gasteiger partial charge in [0.25, 0.3) is 0 Å². The van der Waals surface area contributed by atoms with Crippen LogP contribution in [0.25, 0.3) is 0 Å². The molecule has 1 aromatic carbocycles. The lowest BCUT2D eigenvalue weighted by Gasteiger charge is -2.28. The summed E-state index contributed by atoms with van der Waals surface area (Å²) in [6.45, 7) is 0.880. The van der Waals surface area contributed by atoms with E-state index in [0.717, 1.165) is 43.1 Å². The van der Waals surface area contributed by atoms with Crippen LogP contribution < -0.4 is 0 Å². The molecule has 110 valence electrons. The highest BCUT2D eigenvalue weighted by atomic mass is 79.9. The Labute approximate surface area is 129 Å². The van der Waals surface area contributed by atoms with Crippen LogP contribution >= 0.6 is 15.9 Å². The fraction of sp³-hybridized carbons (Fsp3) is 0.562. The van der Waals surface area contributed by atoms with Crippen LogP contribution in [0.1, 0.15) is 37.7 Å². The van der Waals surface area contributed by atoms with Gasteiger partial charge < -0.3 is 10.0 Å². The van der Waals surface area contributed by atoms with E-state index in [-0.39, 0.29) is 18.6 Å². The summed E-state index contributed by atoms with van der Waals surface area (Å²) in [6.07, 6.45) is 5.53. The standard InChI is InChI=1S/C16H22BrNO2/c17-14-6-4-5-13(11-14)8-9-16(20)18-10-3-1-2-7-15(18)12-19/h4-6,11,15,19H,1-3,7-10,12H2. The van der Waals surface area contributed by atoms with Gasteiger partial charge in [-0.3, -0.25) is 4.79 Å². The van der Waals surface area contributed by atoms with Crippen LogP contribution in [0.15, 0.2) is 28.7 Å². The number of nitrogens with zero attached hydrogens (tertiary/aromatic N) is 1. The van der Waals surface area contributed by atoms with Gasteiger partial charge in [0, 0.05) is 17.4 Å². The van der Waals surface area contributed by atoms with E-state index in [2.05, 4.69) is 22.0 Å². The molecule has 1 N–H and O–H groups in total. The van der Waals surface area contributed by atoms with E-state index in [0.29, 0.717) is 6.42 Å². The maximum Gasteiger partial charge on any atom is 0.223 e. The summed E-state index contributed by atoms with van der Waals surface area (Å²) in [4.78, 5) is 14.3. The maximum atomic E-state index is 12.4. The lowest BCUT2D eigenvalue weighted by molar-refractivity contribution is -0.134. The van der Waals surface area contributed by atoms with Crippen molar-refractivity contribution in [3.8, 4) is 0 Å². The van der Waals surface area contributed by atoms with Crippen molar-refractivity contribution in [2.45, 2.75) is 44.6 Å². The van der Waals surface area contributed by atoms with Crippen molar-refractivity contribution in [3.63, 3.8) is 0 Å². The molecule has 1 heterocycles. The molecule has 1 amide bonds. The van der Waals surface area contributed by atoms with Crippen molar-refractivity contribution >= 4 is 21.8 Å². The number of halogens is 1. The number of hydrogen-bond acceptors (Lipinski definition) is 2. The molecule has 1 atom stereocenters. The third kappa shape index (κ3) is 4.32. The van der Waals surface area contributed by atoms with E-state index >= 15 is 0 Å². The normalized spacial score (nSPS) is 19.7. The minimum atomic E-state index is 0.0208. The van der Waals surface area contributed by atoms with E-state index in [1.807, 2.05) is 23.1 Å². The first-order chi connectivity index (χ1) is 9.70. The number of aliphatic hydroxyl groups is 1. The van der Waals surface area contributed by atoms with Crippen molar-refractivity contribution in [2.24, 2.45) is 0 Å². The van der Waals surface area contributed by atoms with Gasteiger partial charge >= 0.3 is 0 Å². The molecule has 1 fully saturated rings. The van der Waals surface area contributed by atoms with Crippen LogP contribution in [0, 0.1) is 0 Å². The van der Waals surface area contributed by atoms with Crippen LogP contribution in [0.3, 0.4) is 0 Å². The number of hydrogen-bond donors (Lipinski definition) is 1. The molecule has 0 spiro atoms. The smallest absolute Gasteiger partial charge is 0.223 e. The molecule has 20 heavy (non-hydrogen) atoms. The number of benzene rings is 1. The second kappa shape index (κ2) is 7.79. The Balaban J connectivity index is 1.92. The molecular formula is C16H22BrNO2. The second-order valence-corrected chi connectivity index (χ2v) is 6.32. The summed E-state index contributed by atoms with van der Waals surface area (Å²) in [5.41, 5.74) is 1.17. The molecule has 1 aliphatic rings. The molecule has 1 saturated heterocycles. The molecule has 3 nitrogen and oxygen atoms in total. The van der Waals surface area contributed by atoms with Crippen LogP contribution in [0.4, 0.5) is 0 Å². The molecule has 0 aliphatic carbocycles. The quantitative estimate of drug-likeness (QED) is 0.915. The minimum Gasteiger partial charge on any atom is -0.394 e. The van der Waals surface area contributed by atoms with Gasteiger partial charge in [0.05, 0.1) is 12.6 Å². The Kier molecular flexibility index (Phi) is 6.05. The van der Waals surface area contributed by atoms with Crippen LogP contribution in [-0.4, -0.2) is 35.1 Å². The maximum absolute atomic E-state index is 12.4. The van der Waals surface area contributed by atoms with Gasteiger partial charge in [-0.05, 0) is 37.0 Å². The fourth-order valence-corrected chi connectivity index (χ4v) is 3.23. The van der Waals surface area contributed by atoms with Gasteiger partial charge in [-0.2, -0.15) is 0 Å². The predicted molar refractivity (Wildman–Crippen MR) is 83.5 cm³/mol. The van der Waals surface area contributed by atoms with E-state index in [1.54, 1.807) is 0 Å². The van der Waals surface area contributed by atoms with Gasteiger partial charge in [0.2, 0.25) is 5.91 Å². The highest BCUT2D eigenvalue weighted by Crippen LogP contribution is 2.19. The van der Waals surface area contributed by atoms with Gasteiger partial charge in [-0.1, -0.05) is 40.9 Å². The largest absolute Gasteiger partial charge is 0.394 e. The minimum absolute atomic E-state index is 0.0208. The van der Waals surface area contributed by atoms with Crippen LogP contribution in [-0.2, 0) is 11.2 Å². The van der Waals surface area contributed by atoms with E-state index in [9.17, 15) is 9.90 Å². The third-order valence-corrected chi connectivity index (χ3v) is 4.42. The van der Waals surface area contributed by atoms with Crippen molar-refractivity contribution in [1.29, 1.82) is 0 Å². The zero-order chi connectivity index (χ0) is 14.4. The SMILES string of the molecule is O=C(CCc1cccc(Br)c1)N1CCCCCC1CO. The molecule has 0 bridgehead atoms. The number of aryl methyl sites for hydroxylation is 1. The first-order valence-electron chi connectivity index (χ1n) is 7.35. The highest BCUT2D eigenvalue weighted by molar-refractivity contribution is 9.10. The number of carbonyl (C=O) groups is 1. The molecule has 2 rings (SSSR count). The van der Waals surface area contributed by atoms with Crippen molar-refractivity contribution in [1.82, 2.24) is 4.90 Å². The average Bonchev–Trinajstić information content (AvgIpc) is 2.70. The number of amides is 1. The zero-order valence-corrected chi connectivity index (χ0v) is 13.3. The number of likely N-dealkylation sites (tertiary alicyclic amines) is 1. The van der Waals surface area contributed by atoms with E-state index < -0.39 is 0 Å². The topological polar surface area (TPSA) is 40.5 Å². The van der Waals surface area contributed by atoms with Crippen molar-refractivity contribution in [2.75, 3.05) is 13.2 Å². The lowest BCUT2D eigenvalue weighted by atomic mass is 10.1. The number of aliphatic hydroxyl groups excluding tert-OH is 1. The molecule has 1 aliphatic heterocycles. The lowest BCUT2D eigenvalue weighted by Crippen LogP contribution is -2.42. The average molecular weight is 340 g/mol. The van der Waals surface area contributed by atoms with Crippen molar-refractivity contribution in [3.05, 3.63) is 34.3 Å². The Hall–Kier alpha value is -0.870.